The zero-order valence-corrected chi connectivity index (χ0v) is 19.7. The molecule has 6 heteroatoms. The SMILES string of the molecule is CC.CCCc1cc(S(=O)(=O)c2ccc(F)c(F)c2)ccc1C.CN1CCCCC1. The van der Waals surface area contributed by atoms with Crippen molar-refractivity contribution in [1.29, 1.82) is 0 Å². The minimum absolute atomic E-state index is 0.0996. The van der Waals surface area contributed by atoms with Gasteiger partial charge in [0.2, 0.25) is 9.84 Å². The zero-order chi connectivity index (χ0) is 22.7. The van der Waals surface area contributed by atoms with Crippen LogP contribution in [0.25, 0.3) is 0 Å². The first-order chi connectivity index (χ1) is 14.3. The van der Waals surface area contributed by atoms with Crippen LogP contribution >= 0.6 is 0 Å². The van der Waals surface area contributed by atoms with E-state index in [1.54, 1.807) is 12.1 Å². The lowest BCUT2D eigenvalue weighted by atomic mass is 10.0. The second-order valence-electron chi connectivity index (χ2n) is 7.28. The quantitative estimate of drug-likeness (QED) is 0.533. The lowest BCUT2D eigenvalue weighted by Crippen LogP contribution is -2.24. The molecule has 0 aromatic heterocycles. The van der Waals surface area contributed by atoms with Crippen molar-refractivity contribution in [3.63, 3.8) is 0 Å². The minimum Gasteiger partial charge on any atom is -0.306 e. The Bertz CT molecular complexity index is 892. The van der Waals surface area contributed by atoms with Crippen LogP contribution in [-0.4, -0.2) is 33.5 Å². The number of hydrogen-bond acceptors (Lipinski definition) is 3. The first-order valence-electron chi connectivity index (χ1n) is 10.7. The highest BCUT2D eigenvalue weighted by atomic mass is 32.2. The second kappa shape index (κ2) is 12.8. The molecule has 1 aliphatic rings. The van der Waals surface area contributed by atoms with Crippen LogP contribution in [0.15, 0.2) is 46.2 Å². The lowest BCUT2D eigenvalue weighted by molar-refractivity contribution is 0.277. The molecular formula is C24H35F2NO2S. The third kappa shape index (κ3) is 7.47. The zero-order valence-electron chi connectivity index (χ0n) is 18.8. The van der Waals surface area contributed by atoms with Crippen molar-refractivity contribution in [3.8, 4) is 0 Å². The van der Waals surface area contributed by atoms with Gasteiger partial charge in [-0.3, -0.25) is 0 Å². The van der Waals surface area contributed by atoms with E-state index in [-0.39, 0.29) is 9.79 Å². The highest BCUT2D eigenvalue weighted by Gasteiger charge is 2.20. The van der Waals surface area contributed by atoms with Gasteiger partial charge in [0.05, 0.1) is 9.79 Å². The Morgan fingerprint density at radius 3 is 1.97 bits per heavy atom. The average Bonchev–Trinajstić information content (AvgIpc) is 2.74. The molecule has 0 aliphatic carbocycles. The van der Waals surface area contributed by atoms with Crippen LogP contribution in [-0.2, 0) is 16.3 Å². The molecule has 0 amide bonds. The predicted molar refractivity (Wildman–Crippen MR) is 120 cm³/mol. The molecule has 0 atom stereocenters. The third-order valence-electron chi connectivity index (χ3n) is 4.93. The van der Waals surface area contributed by atoms with Crippen molar-refractivity contribution in [2.45, 2.75) is 69.6 Å². The van der Waals surface area contributed by atoms with Crippen LogP contribution < -0.4 is 0 Å². The van der Waals surface area contributed by atoms with Crippen LogP contribution in [0.1, 0.15) is 57.6 Å². The molecule has 1 aliphatic heterocycles. The van der Waals surface area contributed by atoms with Crippen molar-refractivity contribution in [1.82, 2.24) is 4.90 Å². The molecule has 30 heavy (non-hydrogen) atoms. The summed E-state index contributed by atoms with van der Waals surface area (Å²) in [5.74, 6) is -2.23. The molecule has 2 aromatic carbocycles. The van der Waals surface area contributed by atoms with Gasteiger partial charge in [-0.05, 0) is 87.8 Å². The summed E-state index contributed by atoms with van der Waals surface area (Å²) >= 11 is 0. The van der Waals surface area contributed by atoms with Gasteiger partial charge in [-0.15, -0.1) is 0 Å². The number of rotatable bonds is 4. The Morgan fingerprint density at radius 2 is 1.47 bits per heavy atom. The molecule has 0 unspecified atom stereocenters. The van der Waals surface area contributed by atoms with Crippen molar-refractivity contribution in [2.75, 3.05) is 20.1 Å². The Labute approximate surface area is 181 Å². The summed E-state index contributed by atoms with van der Waals surface area (Å²) in [6.07, 6.45) is 5.94. The molecule has 168 valence electrons. The van der Waals surface area contributed by atoms with Crippen LogP contribution in [0.2, 0.25) is 0 Å². The van der Waals surface area contributed by atoms with Crippen LogP contribution in [0.3, 0.4) is 0 Å². The smallest absolute Gasteiger partial charge is 0.206 e. The number of nitrogens with zero attached hydrogens (tertiary/aromatic N) is 1. The van der Waals surface area contributed by atoms with Gasteiger partial charge in [0.15, 0.2) is 11.6 Å². The highest BCUT2D eigenvalue weighted by Crippen LogP contribution is 2.25. The summed E-state index contributed by atoms with van der Waals surface area (Å²) in [5.41, 5.74) is 1.96. The number of sulfone groups is 1. The summed E-state index contributed by atoms with van der Waals surface area (Å²) in [4.78, 5) is 2.25. The van der Waals surface area contributed by atoms with E-state index >= 15 is 0 Å². The fraction of sp³-hybridized carbons (Fsp3) is 0.500. The van der Waals surface area contributed by atoms with E-state index in [0.717, 1.165) is 36.1 Å². The van der Waals surface area contributed by atoms with Crippen molar-refractivity contribution < 1.29 is 17.2 Å². The minimum atomic E-state index is -3.84. The summed E-state index contributed by atoms with van der Waals surface area (Å²) in [6.45, 7) is 10.6. The van der Waals surface area contributed by atoms with Gasteiger partial charge in [-0.1, -0.05) is 39.7 Å². The molecule has 3 nitrogen and oxygen atoms in total. The first kappa shape index (κ1) is 26.2. The molecule has 0 N–H and O–H groups in total. The number of hydrogen-bond donors (Lipinski definition) is 0. The monoisotopic (exact) mass is 439 g/mol. The lowest BCUT2D eigenvalue weighted by Gasteiger charge is -2.20. The van der Waals surface area contributed by atoms with Gasteiger partial charge in [-0.25, -0.2) is 17.2 Å². The van der Waals surface area contributed by atoms with Gasteiger partial charge in [0.1, 0.15) is 0 Å². The molecule has 1 saturated heterocycles. The molecule has 2 aromatic rings. The van der Waals surface area contributed by atoms with E-state index in [1.165, 1.54) is 38.4 Å². The average molecular weight is 440 g/mol. The second-order valence-corrected chi connectivity index (χ2v) is 9.23. The Morgan fingerprint density at radius 1 is 0.900 bits per heavy atom. The number of halogens is 2. The molecule has 0 spiro atoms. The van der Waals surface area contributed by atoms with E-state index in [0.29, 0.717) is 6.07 Å². The van der Waals surface area contributed by atoms with E-state index < -0.39 is 21.5 Å². The molecule has 0 bridgehead atoms. The normalized spacial score (nSPS) is 14.2. The highest BCUT2D eigenvalue weighted by molar-refractivity contribution is 7.91. The largest absolute Gasteiger partial charge is 0.306 e. The van der Waals surface area contributed by atoms with E-state index in [9.17, 15) is 17.2 Å². The molecule has 0 radical (unpaired) electrons. The molecule has 0 saturated carbocycles. The maximum atomic E-state index is 13.2. The van der Waals surface area contributed by atoms with Gasteiger partial charge in [-0.2, -0.15) is 0 Å². The Kier molecular flexibility index (Phi) is 11.2. The third-order valence-corrected chi connectivity index (χ3v) is 6.68. The standard InChI is InChI=1S/C16H16F2O2S.C6H13N.C2H6/c1-3-4-12-9-13(6-5-11(12)2)21(19,20)14-7-8-15(17)16(18)10-14;1-7-5-3-2-4-6-7;1-2/h5-10H,3-4H2,1-2H3;2-6H2,1H3;1-2H3. The fourth-order valence-electron chi connectivity index (χ4n) is 3.19. The summed E-state index contributed by atoms with van der Waals surface area (Å²) in [5, 5.41) is 0. The Balaban J connectivity index is 0.000000418. The van der Waals surface area contributed by atoms with Gasteiger partial charge < -0.3 is 4.90 Å². The van der Waals surface area contributed by atoms with Crippen LogP contribution in [0.4, 0.5) is 8.78 Å². The van der Waals surface area contributed by atoms with Gasteiger partial charge in [0, 0.05) is 0 Å². The molecular weight excluding hydrogens is 404 g/mol. The number of benzene rings is 2. The van der Waals surface area contributed by atoms with Crippen LogP contribution in [0, 0.1) is 18.6 Å². The molecule has 1 fully saturated rings. The first-order valence-corrected chi connectivity index (χ1v) is 12.2. The van der Waals surface area contributed by atoms with E-state index in [2.05, 4.69) is 11.9 Å². The fourth-order valence-corrected chi connectivity index (χ4v) is 4.51. The summed E-state index contributed by atoms with van der Waals surface area (Å²) in [7, 11) is -1.65. The van der Waals surface area contributed by atoms with Gasteiger partial charge >= 0.3 is 0 Å². The maximum absolute atomic E-state index is 13.2. The number of likely N-dealkylation sites (tertiary alicyclic amines) is 1. The predicted octanol–water partition coefficient (Wildman–Crippen LogP) is 6.19. The topological polar surface area (TPSA) is 37.4 Å². The number of piperidine rings is 1. The summed E-state index contributed by atoms with van der Waals surface area (Å²) in [6, 6.07) is 7.44. The Hall–Kier alpha value is -1.79. The molecule has 3 rings (SSSR count). The van der Waals surface area contributed by atoms with Crippen molar-refractivity contribution in [3.05, 3.63) is 59.2 Å². The van der Waals surface area contributed by atoms with Gasteiger partial charge in [0.25, 0.3) is 0 Å². The van der Waals surface area contributed by atoms with Crippen LogP contribution in [0.5, 0.6) is 0 Å². The number of aryl methyl sites for hydroxylation is 2. The van der Waals surface area contributed by atoms with E-state index in [1.807, 2.05) is 27.7 Å². The summed E-state index contributed by atoms with van der Waals surface area (Å²) < 4.78 is 51.1. The maximum Gasteiger partial charge on any atom is 0.206 e. The van der Waals surface area contributed by atoms with E-state index in [4.69, 9.17) is 0 Å². The molecule has 1 heterocycles. The van der Waals surface area contributed by atoms with Crippen molar-refractivity contribution >= 4 is 9.84 Å². The van der Waals surface area contributed by atoms with Crippen molar-refractivity contribution in [2.24, 2.45) is 0 Å².